The molecule has 5 nitrogen and oxygen atoms in total. The van der Waals surface area contributed by atoms with E-state index in [0.29, 0.717) is 11.8 Å². The van der Waals surface area contributed by atoms with Gasteiger partial charge in [-0.05, 0) is 25.7 Å². The van der Waals surface area contributed by atoms with Crippen molar-refractivity contribution in [2.45, 2.75) is 32.2 Å². The van der Waals surface area contributed by atoms with Crippen molar-refractivity contribution < 1.29 is 9.26 Å². The highest BCUT2D eigenvalue weighted by molar-refractivity contribution is 4.91. The van der Waals surface area contributed by atoms with Crippen LogP contribution in [0.2, 0.25) is 0 Å². The number of aromatic nitrogens is 2. The minimum absolute atomic E-state index is 0.186. The molecule has 1 fully saturated rings. The van der Waals surface area contributed by atoms with Gasteiger partial charge in [-0.15, -0.1) is 0 Å². The molecule has 0 radical (unpaired) electrons. The van der Waals surface area contributed by atoms with E-state index in [1.165, 1.54) is 6.42 Å². The van der Waals surface area contributed by atoms with Crippen LogP contribution in [0.3, 0.4) is 0 Å². The van der Waals surface area contributed by atoms with Crippen LogP contribution in [0, 0.1) is 5.92 Å². The maximum Gasteiger partial charge on any atom is 0.243 e. The second kappa shape index (κ2) is 4.72. The fraction of sp³-hybridized carbons (Fsp3) is 0.800. The molecule has 0 amide bonds. The van der Waals surface area contributed by atoms with Gasteiger partial charge >= 0.3 is 0 Å². The first-order valence-corrected chi connectivity index (χ1v) is 5.41. The highest BCUT2D eigenvalue weighted by Crippen LogP contribution is 2.18. The second-order valence-corrected chi connectivity index (χ2v) is 4.12. The molecule has 84 valence electrons. The topological polar surface area (TPSA) is 74.2 Å². The molecule has 2 unspecified atom stereocenters. The van der Waals surface area contributed by atoms with Gasteiger partial charge < -0.3 is 15.0 Å². The molecule has 1 aromatic heterocycles. The summed E-state index contributed by atoms with van der Waals surface area (Å²) in [5.41, 5.74) is 5.64. The highest BCUT2D eigenvalue weighted by atomic mass is 16.5. The Morgan fingerprint density at radius 3 is 3.07 bits per heavy atom. The van der Waals surface area contributed by atoms with Crippen LogP contribution >= 0.6 is 0 Å². The van der Waals surface area contributed by atoms with E-state index in [1.807, 2.05) is 6.92 Å². The van der Waals surface area contributed by atoms with Gasteiger partial charge in [0.25, 0.3) is 0 Å². The van der Waals surface area contributed by atoms with Crippen molar-refractivity contribution in [3.8, 4) is 0 Å². The van der Waals surface area contributed by atoms with E-state index < -0.39 is 0 Å². The van der Waals surface area contributed by atoms with E-state index >= 15 is 0 Å². The van der Waals surface area contributed by atoms with E-state index in [2.05, 4.69) is 10.1 Å². The predicted molar refractivity (Wildman–Crippen MR) is 54.1 cm³/mol. The van der Waals surface area contributed by atoms with E-state index in [0.717, 1.165) is 31.9 Å². The summed E-state index contributed by atoms with van der Waals surface area (Å²) in [5, 5.41) is 3.91. The largest absolute Gasteiger partial charge is 0.381 e. The van der Waals surface area contributed by atoms with Gasteiger partial charge in [-0.2, -0.15) is 4.98 Å². The Labute approximate surface area is 89.0 Å². The molecule has 2 heterocycles. The predicted octanol–water partition coefficient (Wildman–Crippen LogP) is 1.06. The first kappa shape index (κ1) is 10.6. The Hall–Kier alpha value is -0.940. The number of ether oxygens (including phenoxy) is 1. The maximum absolute atomic E-state index is 5.64. The lowest BCUT2D eigenvalue weighted by Crippen LogP contribution is -2.19. The van der Waals surface area contributed by atoms with Gasteiger partial charge in [-0.1, -0.05) is 5.16 Å². The number of hydrogen-bond donors (Lipinski definition) is 1. The average Bonchev–Trinajstić information content (AvgIpc) is 2.68. The van der Waals surface area contributed by atoms with Crippen molar-refractivity contribution in [1.29, 1.82) is 0 Å². The number of nitrogens with zero attached hydrogens (tertiary/aromatic N) is 2. The summed E-state index contributed by atoms with van der Waals surface area (Å²) in [6, 6.07) is -0.186. The molecule has 2 N–H and O–H groups in total. The molecular formula is C10H17N3O2. The summed E-state index contributed by atoms with van der Waals surface area (Å²) in [7, 11) is 0. The Balaban J connectivity index is 1.91. The van der Waals surface area contributed by atoms with Crippen molar-refractivity contribution in [2.75, 3.05) is 13.2 Å². The monoisotopic (exact) mass is 211 g/mol. The molecule has 0 saturated carbocycles. The Kier molecular flexibility index (Phi) is 3.33. The maximum atomic E-state index is 5.64. The Morgan fingerprint density at radius 1 is 1.60 bits per heavy atom. The third kappa shape index (κ3) is 2.76. The Morgan fingerprint density at radius 2 is 2.47 bits per heavy atom. The van der Waals surface area contributed by atoms with Crippen LogP contribution in [0.15, 0.2) is 4.52 Å². The smallest absolute Gasteiger partial charge is 0.243 e. The van der Waals surface area contributed by atoms with E-state index in [9.17, 15) is 0 Å². The van der Waals surface area contributed by atoms with Gasteiger partial charge in [0.15, 0.2) is 5.82 Å². The molecule has 2 rings (SSSR count). The van der Waals surface area contributed by atoms with E-state index in [-0.39, 0.29) is 6.04 Å². The van der Waals surface area contributed by atoms with Gasteiger partial charge in [-0.3, -0.25) is 0 Å². The standard InChI is InChI=1S/C10H17N3O2/c1-7(11)10-12-9(13-15-10)5-8-3-2-4-14-6-8/h7-8H,2-6,11H2,1H3. The number of hydrogen-bond acceptors (Lipinski definition) is 5. The van der Waals surface area contributed by atoms with Gasteiger partial charge in [0.2, 0.25) is 5.89 Å². The van der Waals surface area contributed by atoms with Crippen LogP contribution in [0.1, 0.15) is 37.5 Å². The average molecular weight is 211 g/mol. The fourth-order valence-corrected chi connectivity index (χ4v) is 1.76. The van der Waals surface area contributed by atoms with Gasteiger partial charge in [0.1, 0.15) is 0 Å². The second-order valence-electron chi connectivity index (χ2n) is 4.12. The zero-order valence-corrected chi connectivity index (χ0v) is 8.98. The zero-order chi connectivity index (χ0) is 10.7. The summed E-state index contributed by atoms with van der Waals surface area (Å²) >= 11 is 0. The van der Waals surface area contributed by atoms with E-state index in [1.54, 1.807) is 0 Å². The molecule has 1 aromatic rings. The SMILES string of the molecule is CC(N)c1nc(CC2CCCOC2)no1. The number of nitrogens with two attached hydrogens (primary N) is 1. The summed E-state index contributed by atoms with van der Waals surface area (Å²) in [6.07, 6.45) is 3.14. The van der Waals surface area contributed by atoms with Crippen molar-refractivity contribution in [2.24, 2.45) is 11.7 Å². The summed E-state index contributed by atoms with van der Waals surface area (Å²) in [4.78, 5) is 4.25. The van der Waals surface area contributed by atoms with Crippen LogP contribution in [0.25, 0.3) is 0 Å². The molecule has 0 spiro atoms. The van der Waals surface area contributed by atoms with Gasteiger partial charge in [0.05, 0.1) is 6.04 Å². The van der Waals surface area contributed by atoms with Crippen LogP contribution < -0.4 is 5.73 Å². The first-order valence-electron chi connectivity index (χ1n) is 5.41. The first-order chi connectivity index (χ1) is 7.25. The van der Waals surface area contributed by atoms with Crippen molar-refractivity contribution in [3.63, 3.8) is 0 Å². The third-order valence-corrected chi connectivity index (χ3v) is 2.60. The zero-order valence-electron chi connectivity index (χ0n) is 8.98. The lowest BCUT2D eigenvalue weighted by molar-refractivity contribution is 0.0541. The van der Waals surface area contributed by atoms with Crippen LogP contribution in [-0.2, 0) is 11.2 Å². The molecule has 0 aromatic carbocycles. The van der Waals surface area contributed by atoms with Crippen molar-refractivity contribution in [1.82, 2.24) is 10.1 Å². The van der Waals surface area contributed by atoms with Crippen LogP contribution in [0.5, 0.6) is 0 Å². The highest BCUT2D eigenvalue weighted by Gasteiger charge is 2.18. The molecular weight excluding hydrogens is 194 g/mol. The summed E-state index contributed by atoms with van der Waals surface area (Å²) in [6.45, 7) is 3.52. The lowest BCUT2D eigenvalue weighted by atomic mass is 9.98. The summed E-state index contributed by atoms with van der Waals surface area (Å²) < 4.78 is 10.4. The molecule has 0 bridgehead atoms. The molecule has 1 aliphatic rings. The molecule has 5 heteroatoms. The van der Waals surface area contributed by atoms with Crippen LogP contribution in [0.4, 0.5) is 0 Å². The molecule has 1 aliphatic heterocycles. The molecule has 0 aliphatic carbocycles. The quantitative estimate of drug-likeness (QED) is 0.809. The molecule has 1 saturated heterocycles. The fourth-order valence-electron chi connectivity index (χ4n) is 1.76. The minimum Gasteiger partial charge on any atom is -0.381 e. The van der Waals surface area contributed by atoms with E-state index in [4.69, 9.17) is 15.0 Å². The van der Waals surface area contributed by atoms with Gasteiger partial charge in [0, 0.05) is 19.6 Å². The van der Waals surface area contributed by atoms with Crippen LogP contribution in [-0.4, -0.2) is 23.4 Å². The van der Waals surface area contributed by atoms with Crippen molar-refractivity contribution >= 4 is 0 Å². The lowest BCUT2D eigenvalue weighted by Gasteiger charge is -2.20. The molecule has 2 atom stereocenters. The van der Waals surface area contributed by atoms with Gasteiger partial charge in [-0.25, -0.2) is 0 Å². The van der Waals surface area contributed by atoms with Crippen molar-refractivity contribution in [3.05, 3.63) is 11.7 Å². The third-order valence-electron chi connectivity index (χ3n) is 2.60. The molecule has 15 heavy (non-hydrogen) atoms. The normalized spacial score (nSPS) is 24.0. The number of rotatable bonds is 3. The Bertz CT molecular complexity index is 305. The summed E-state index contributed by atoms with van der Waals surface area (Å²) in [5.74, 6) is 1.79. The minimum atomic E-state index is -0.186.